The Morgan fingerprint density at radius 1 is 1.58 bits per heavy atom. The van der Waals surface area contributed by atoms with Gasteiger partial charge in [-0.1, -0.05) is 11.3 Å². The molecule has 0 saturated heterocycles. The molecule has 0 aliphatic rings. The predicted molar refractivity (Wildman–Crippen MR) is 71.5 cm³/mol. The molecule has 1 aromatic heterocycles. The van der Waals surface area contributed by atoms with Crippen LogP contribution in [0.2, 0.25) is 0 Å². The highest BCUT2D eigenvalue weighted by Gasteiger charge is 2.30. The average molecular weight is 309 g/mol. The molecule has 0 spiro atoms. The van der Waals surface area contributed by atoms with Crippen LogP contribution in [0.4, 0.5) is 10.7 Å². The van der Waals surface area contributed by atoms with Gasteiger partial charge in [-0.2, -0.15) is 4.31 Å². The second-order valence-electron chi connectivity index (χ2n) is 4.65. The molecule has 0 unspecified atom stereocenters. The molecule has 108 valence electrons. The molecule has 0 radical (unpaired) electrons. The fourth-order valence-electron chi connectivity index (χ4n) is 1.43. The molecular formula is C9H15N3O5S2. The van der Waals surface area contributed by atoms with Crippen LogP contribution < -0.4 is 5.73 Å². The Morgan fingerprint density at radius 2 is 2.11 bits per heavy atom. The van der Waals surface area contributed by atoms with Crippen molar-refractivity contribution in [3.63, 3.8) is 0 Å². The summed E-state index contributed by atoms with van der Waals surface area (Å²) >= 11 is 0.629. The lowest BCUT2D eigenvalue weighted by atomic mass is 10.1. The van der Waals surface area contributed by atoms with Gasteiger partial charge in [0.1, 0.15) is 4.21 Å². The topological polar surface area (TPSA) is 127 Å². The van der Waals surface area contributed by atoms with E-state index in [9.17, 15) is 23.6 Å². The minimum absolute atomic E-state index is 0.138. The van der Waals surface area contributed by atoms with Gasteiger partial charge in [0.05, 0.1) is 10.5 Å². The number of nitrogens with zero attached hydrogens (tertiary/aromatic N) is 2. The van der Waals surface area contributed by atoms with E-state index in [1.807, 2.05) is 0 Å². The van der Waals surface area contributed by atoms with E-state index < -0.39 is 26.2 Å². The maximum atomic E-state index is 12.1. The number of nitro groups is 1. The number of sulfonamides is 1. The van der Waals surface area contributed by atoms with Crippen LogP contribution in [0, 0.1) is 10.1 Å². The van der Waals surface area contributed by atoms with Crippen LogP contribution in [0.1, 0.15) is 13.8 Å². The first kappa shape index (κ1) is 15.8. The third kappa shape index (κ3) is 3.62. The standard InChI is InChI=1S/C9H15N3O5S2/c1-9(2,13)5-11(3)19(16,17)7-4-6(12(14)15)8(10)18-7/h4,13H,5,10H2,1-3H3. The number of anilines is 1. The van der Waals surface area contributed by atoms with Gasteiger partial charge in [-0.3, -0.25) is 10.1 Å². The Bertz CT molecular complexity index is 587. The minimum atomic E-state index is -3.90. The van der Waals surface area contributed by atoms with Gasteiger partial charge < -0.3 is 10.8 Å². The van der Waals surface area contributed by atoms with Crippen LogP contribution in [0.5, 0.6) is 0 Å². The molecule has 0 saturated carbocycles. The van der Waals surface area contributed by atoms with Gasteiger partial charge in [0.2, 0.25) is 0 Å². The highest BCUT2D eigenvalue weighted by molar-refractivity contribution is 7.91. The lowest BCUT2D eigenvalue weighted by Gasteiger charge is -2.24. The summed E-state index contributed by atoms with van der Waals surface area (Å²) in [5.74, 6) is 0. The summed E-state index contributed by atoms with van der Waals surface area (Å²) in [5, 5.41) is 20.1. The summed E-state index contributed by atoms with van der Waals surface area (Å²) in [6.07, 6.45) is 0. The van der Waals surface area contributed by atoms with Gasteiger partial charge in [0, 0.05) is 19.7 Å². The van der Waals surface area contributed by atoms with Crippen LogP contribution in [-0.2, 0) is 10.0 Å². The van der Waals surface area contributed by atoms with Gasteiger partial charge in [-0.15, -0.1) is 0 Å². The molecule has 0 aromatic carbocycles. The fourth-order valence-corrected chi connectivity index (χ4v) is 4.18. The first-order valence-corrected chi connectivity index (χ1v) is 7.43. The second-order valence-corrected chi connectivity index (χ2v) is 8.00. The van der Waals surface area contributed by atoms with E-state index in [-0.39, 0.29) is 15.8 Å². The van der Waals surface area contributed by atoms with Crippen molar-refractivity contribution in [2.75, 3.05) is 19.3 Å². The average Bonchev–Trinajstić information content (AvgIpc) is 2.58. The van der Waals surface area contributed by atoms with Crippen LogP contribution in [0.25, 0.3) is 0 Å². The molecule has 0 aliphatic carbocycles. The van der Waals surface area contributed by atoms with E-state index in [4.69, 9.17) is 5.73 Å². The van der Waals surface area contributed by atoms with Crippen molar-refractivity contribution in [3.8, 4) is 0 Å². The molecule has 0 aliphatic heterocycles. The highest BCUT2D eigenvalue weighted by atomic mass is 32.2. The number of thiophene rings is 1. The van der Waals surface area contributed by atoms with Gasteiger partial charge in [-0.05, 0) is 13.8 Å². The third-order valence-corrected chi connectivity index (χ3v) is 5.39. The van der Waals surface area contributed by atoms with E-state index >= 15 is 0 Å². The zero-order valence-electron chi connectivity index (χ0n) is 10.7. The van der Waals surface area contributed by atoms with Crippen molar-refractivity contribution in [3.05, 3.63) is 16.2 Å². The molecule has 1 rings (SSSR count). The number of nitrogens with two attached hydrogens (primary N) is 1. The molecule has 0 fully saturated rings. The maximum Gasteiger partial charge on any atom is 0.304 e. The summed E-state index contributed by atoms with van der Waals surface area (Å²) in [7, 11) is -2.61. The van der Waals surface area contributed by atoms with Crippen LogP contribution in [0.3, 0.4) is 0 Å². The molecule has 10 heteroatoms. The molecule has 0 bridgehead atoms. The van der Waals surface area contributed by atoms with Crippen LogP contribution in [-0.4, -0.2) is 41.9 Å². The van der Waals surface area contributed by atoms with Crippen molar-refractivity contribution >= 4 is 32.0 Å². The highest BCUT2D eigenvalue weighted by Crippen LogP contribution is 2.35. The lowest BCUT2D eigenvalue weighted by Crippen LogP contribution is -2.39. The number of hydrogen-bond donors (Lipinski definition) is 2. The van der Waals surface area contributed by atoms with Crippen molar-refractivity contribution in [1.82, 2.24) is 4.31 Å². The van der Waals surface area contributed by atoms with E-state index in [2.05, 4.69) is 0 Å². The van der Waals surface area contributed by atoms with Gasteiger partial charge in [-0.25, -0.2) is 8.42 Å². The van der Waals surface area contributed by atoms with Crippen LogP contribution >= 0.6 is 11.3 Å². The van der Waals surface area contributed by atoms with Gasteiger partial charge >= 0.3 is 5.69 Å². The predicted octanol–water partition coefficient (Wildman–Crippen LogP) is 0.630. The van der Waals surface area contributed by atoms with Crippen molar-refractivity contribution < 1.29 is 18.4 Å². The maximum absolute atomic E-state index is 12.1. The zero-order chi connectivity index (χ0) is 15.0. The van der Waals surface area contributed by atoms with Gasteiger partial charge in [0.15, 0.2) is 5.00 Å². The summed E-state index contributed by atoms with van der Waals surface area (Å²) in [4.78, 5) is 9.91. The Kier molecular flexibility index (Phi) is 4.20. The summed E-state index contributed by atoms with van der Waals surface area (Å²) < 4.78 is 25.0. The summed E-state index contributed by atoms with van der Waals surface area (Å²) in [5.41, 5.74) is 3.77. The van der Waals surface area contributed by atoms with Crippen LogP contribution in [0.15, 0.2) is 10.3 Å². The van der Waals surface area contributed by atoms with E-state index in [1.165, 1.54) is 20.9 Å². The molecule has 0 amide bonds. The third-order valence-electron chi connectivity index (χ3n) is 2.19. The van der Waals surface area contributed by atoms with E-state index in [0.29, 0.717) is 11.3 Å². The van der Waals surface area contributed by atoms with Crippen molar-refractivity contribution in [2.24, 2.45) is 0 Å². The zero-order valence-corrected chi connectivity index (χ0v) is 12.3. The van der Waals surface area contributed by atoms with E-state index in [0.717, 1.165) is 10.4 Å². The monoisotopic (exact) mass is 309 g/mol. The number of nitrogen functional groups attached to an aromatic ring is 1. The number of aliphatic hydroxyl groups is 1. The Morgan fingerprint density at radius 3 is 2.47 bits per heavy atom. The largest absolute Gasteiger partial charge is 0.389 e. The number of rotatable bonds is 5. The molecule has 0 atom stereocenters. The second kappa shape index (κ2) is 5.04. The number of likely N-dealkylation sites (N-methyl/N-ethyl adjacent to an activating group) is 1. The first-order valence-electron chi connectivity index (χ1n) is 5.17. The summed E-state index contributed by atoms with van der Waals surface area (Å²) in [6.45, 7) is 2.79. The van der Waals surface area contributed by atoms with Crippen molar-refractivity contribution in [2.45, 2.75) is 23.7 Å². The smallest absolute Gasteiger partial charge is 0.304 e. The fraction of sp³-hybridized carbons (Fsp3) is 0.556. The quantitative estimate of drug-likeness (QED) is 0.606. The Balaban J connectivity index is 3.14. The summed E-state index contributed by atoms with van der Waals surface area (Å²) in [6, 6.07) is 0.927. The minimum Gasteiger partial charge on any atom is -0.389 e. The van der Waals surface area contributed by atoms with Gasteiger partial charge in [0.25, 0.3) is 10.0 Å². The SMILES string of the molecule is CN(CC(C)(C)O)S(=O)(=O)c1cc([N+](=O)[O-])c(N)s1. The Hall–Kier alpha value is -1.23. The normalized spacial score (nSPS) is 12.9. The van der Waals surface area contributed by atoms with E-state index in [1.54, 1.807) is 0 Å². The Labute approximate surface area is 114 Å². The molecular weight excluding hydrogens is 294 g/mol. The molecule has 8 nitrogen and oxygen atoms in total. The molecule has 1 aromatic rings. The van der Waals surface area contributed by atoms with Crippen molar-refractivity contribution in [1.29, 1.82) is 0 Å². The first-order chi connectivity index (χ1) is 8.45. The molecule has 19 heavy (non-hydrogen) atoms. The molecule has 3 N–H and O–H groups in total. The number of hydrogen-bond acceptors (Lipinski definition) is 7. The molecule has 1 heterocycles. The lowest BCUT2D eigenvalue weighted by molar-refractivity contribution is -0.383.